The number of allylic oxidation sites excluding steroid dienone is 6. The first-order valence-corrected chi connectivity index (χ1v) is 27.4. The number of unbranched alkanes of at least 4 members (excludes halogenated alkanes) is 2. The summed E-state index contributed by atoms with van der Waals surface area (Å²) in [5.41, 5.74) is 4.38. The summed E-state index contributed by atoms with van der Waals surface area (Å²) < 4.78 is 109. The number of carbonyl (C=O) groups excluding carboxylic acids is 2. The second-order valence-corrected chi connectivity index (χ2v) is 23.2. The molecule has 0 fully saturated rings. The van der Waals surface area contributed by atoms with Gasteiger partial charge in [-0.3, -0.25) is 23.7 Å². The summed E-state index contributed by atoms with van der Waals surface area (Å²) in [6.07, 6.45) is 11.9. The van der Waals surface area contributed by atoms with E-state index in [0.29, 0.717) is 72.0 Å². The Bertz CT molecular complexity index is 3440. The van der Waals surface area contributed by atoms with Gasteiger partial charge in [-0.2, -0.15) is 21.4 Å². The summed E-state index contributed by atoms with van der Waals surface area (Å²) in [7, 11) is -14.6. The summed E-state index contributed by atoms with van der Waals surface area (Å²) in [5.74, 6) is -0.0827. The van der Waals surface area contributed by atoms with Gasteiger partial charge in [-0.1, -0.05) is 52.3 Å². The van der Waals surface area contributed by atoms with Crippen LogP contribution in [0.25, 0.3) is 27.1 Å². The molecule has 3 N–H and O–H groups in total. The van der Waals surface area contributed by atoms with Crippen LogP contribution in [0.15, 0.2) is 118 Å². The van der Waals surface area contributed by atoms with Gasteiger partial charge in [0.2, 0.25) is 5.69 Å². The second-order valence-electron chi connectivity index (χ2n) is 19.0. The Morgan fingerprint density at radius 1 is 0.814 bits per heavy atom. The first kappa shape index (κ1) is 51.9. The summed E-state index contributed by atoms with van der Waals surface area (Å²) in [6.45, 7) is 17.0. The number of nitrogens with one attached hydrogen (secondary N) is 1. The average molecular weight is 1010 g/mol. The standard InChI is InChI=1S/C52H58N4O11S3/c1-9-55-42-23-17-33-15-20-36(68(59,60)61)28-39(33)48(42)51(5,6)46(55)25-18-34(41-22-16-35(31-54-41)50(58)53-27-13-11-12-14-44(57)32(3)4)19-26-47-52(7,8)49-40-29-37(69(62,63)64)30-45(70(65,66)67)38(40)21-24-43(49)56(47)10-2/h15-26,28-32H,9-14,27H2,1-8H3,(H3-,53,58,59,60,61,62,63,64,65,66,67). The lowest BCUT2D eigenvalue weighted by molar-refractivity contribution is -0.433. The topological polar surface area (TPSA) is 231 Å². The van der Waals surface area contributed by atoms with E-state index >= 15 is 0 Å². The highest BCUT2D eigenvalue weighted by Gasteiger charge is 2.46. The second kappa shape index (κ2) is 19.4. The van der Waals surface area contributed by atoms with Crippen molar-refractivity contribution in [1.82, 2.24) is 10.3 Å². The van der Waals surface area contributed by atoms with Gasteiger partial charge in [-0.15, -0.1) is 0 Å². The van der Waals surface area contributed by atoms with Crippen LogP contribution in [0, 0.1) is 5.92 Å². The molecule has 1 aromatic heterocycles. The van der Waals surface area contributed by atoms with E-state index in [1.165, 1.54) is 30.5 Å². The zero-order valence-electron chi connectivity index (χ0n) is 40.4. The molecule has 0 atom stereocenters. The van der Waals surface area contributed by atoms with Crippen LogP contribution in [-0.2, 0) is 46.0 Å². The Morgan fingerprint density at radius 2 is 1.50 bits per heavy atom. The highest BCUT2D eigenvalue weighted by Crippen LogP contribution is 2.51. The fourth-order valence-electron chi connectivity index (χ4n) is 9.86. The Labute approximate surface area is 410 Å². The number of pyridine rings is 1. The van der Waals surface area contributed by atoms with Crippen molar-refractivity contribution in [2.75, 3.05) is 24.5 Å². The Morgan fingerprint density at radius 3 is 2.11 bits per heavy atom. The summed E-state index contributed by atoms with van der Waals surface area (Å²) >= 11 is 0. The summed E-state index contributed by atoms with van der Waals surface area (Å²) in [4.78, 5) is 30.4. The van der Waals surface area contributed by atoms with Crippen molar-refractivity contribution in [3.8, 4) is 0 Å². The van der Waals surface area contributed by atoms with Crippen molar-refractivity contribution >= 4 is 86.2 Å². The number of hydrogen-bond acceptors (Lipinski definition) is 11. The minimum Gasteiger partial charge on any atom is -0.744 e. The van der Waals surface area contributed by atoms with Gasteiger partial charge in [0, 0.05) is 77.1 Å². The van der Waals surface area contributed by atoms with Gasteiger partial charge in [0.15, 0.2) is 5.71 Å². The number of nitrogens with zero attached hydrogens (tertiary/aromatic N) is 3. The average Bonchev–Trinajstić information content (AvgIpc) is 3.66. The fourth-order valence-corrected chi connectivity index (χ4v) is 11.7. The van der Waals surface area contributed by atoms with E-state index in [1.807, 2.05) is 96.4 Å². The lowest BCUT2D eigenvalue weighted by atomic mass is 9.79. The third kappa shape index (κ3) is 10.0. The number of aromatic nitrogens is 1. The lowest BCUT2D eigenvalue weighted by Gasteiger charge is -2.26. The zero-order chi connectivity index (χ0) is 51.3. The highest BCUT2D eigenvalue weighted by molar-refractivity contribution is 7.87. The van der Waals surface area contributed by atoms with E-state index < -0.39 is 51.0 Å². The van der Waals surface area contributed by atoms with Crippen molar-refractivity contribution < 1.29 is 53.1 Å². The van der Waals surface area contributed by atoms with E-state index in [9.17, 15) is 48.5 Å². The minimum atomic E-state index is -5.19. The molecule has 2 aliphatic rings. The van der Waals surface area contributed by atoms with Crippen molar-refractivity contribution in [3.63, 3.8) is 0 Å². The minimum absolute atomic E-state index is 0.00344. The van der Waals surface area contributed by atoms with Crippen LogP contribution in [0.3, 0.4) is 0 Å². The normalized spacial score (nSPS) is 16.5. The van der Waals surface area contributed by atoms with Crippen molar-refractivity contribution in [1.29, 1.82) is 0 Å². The molecule has 4 aromatic carbocycles. The lowest BCUT2D eigenvalue weighted by Crippen LogP contribution is -2.28. The van der Waals surface area contributed by atoms with E-state index in [2.05, 4.69) is 10.2 Å². The molecule has 0 bridgehead atoms. The Hall–Kier alpha value is -5.89. The molecule has 0 saturated carbocycles. The number of benzene rings is 4. The maximum Gasteiger partial charge on any atom is 0.294 e. The predicted molar refractivity (Wildman–Crippen MR) is 270 cm³/mol. The number of hydrogen-bond donors (Lipinski definition) is 3. The first-order valence-electron chi connectivity index (χ1n) is 23.1. The van der Waals surface area contributed by atoms with Gasteiger partial charge >= 0.3 is 0 Å². The van der Waals surface area contributed by atoms with Crippen molar-refractivity contribution in [2.45, 2.75) is 107 Å². The van der Waals surface area contributed by atoms with Crippen LogP contribution < -0.4 is 10.2 Å². The molecule has 0 spiro atoms. The highest BCUT2D eigenvalue weighted by atomic mass is 32.2. The van der Waals surface area contributed by atoms with Gasteiger partial charge in [-0.25, -0.2) is 8.42 Å². The number of rotatable bonds is 17. The Balaban J connectivity index is 1.32. The van der Waals surface area contributed by atoms with Gasteiger partial charge < -0.3 is 14.8 Å². The SMILES string of the molecule is CCN1/C(=C/C=C(/C=C/C2=[N+](CC)c3ccc4c(S(=O)(=O)[O-])cc(S(=O)(=O)O)cc4c3C2(C)C)c2ccc(C(=O)NCCCCCC(=O)C(C)C)cn2)C(C)(C)c2c1ccc1ccc(S(=O)(=O)O)cc21. The molecule has 370 valence electrons. The molecular weight excluding hydrogens is 953 g/mol. The van der Waals surface area contributed by atoms with Gasteiger partial charge in [-0.05, 0) is 123 Å². The quantitative estimate of drug-likeness (QED) is 0.0342. The van der Waals surface area contributed by atoms with Crippen LogP contribution in [0.4, 0.5) is 11.4 Å². The van der Waals surface area contributed by atoms with Crippen LogP contribution in [0.5, 0.6) is 0 Å². The number of fused-ring (bicyclic) bond motifs is 6. The molecule has 18 heteroatoms. The van der Waals surface area contributed by atoms with Crippen LogP contribution in [0.1, 0.15) is 108 Å². The molecule has 0 unspecified atom stereocenters. The number of carbonyl (C=O) groups is 2. The fraction of sp³-hybridized carbons (Fsp3) is 0.346. The summed E-state index contributed by atoms with van der Waals surface area (Å²) in [5, 5.41) is 4.60. The maximum absolute atomic E-state index is 13.3. The van der Waals surface area contributed by atoms with E-state index in [1.54, 1.807) is 24.3 Å². The molecule has 0 radical (unpaired) electrons. The number of ketones is 1. The number of amides is 1. The third-order valence-electron chi connectivity index (χ3n) is 13.4. The molecule has 0 saturated heterocycles. The Kier molecular flexibility index (Phi) is 14.4. The van der Waals surface area contributed by atoms with Crippen molar-refractivity contribution in [3.05, 3.63) is 125 Å². The first-order chi connectivity index (χ1) is 32.7. The smallest absolute Gasteiger partial charge is 0.294 e. The van der Waals surface area contributed by atoms with Gasteiger partial charge in [0.25, 0.3) is 26.1 Å². The molecular formula is C52H58N4O11S3. The molecule has 3 heterocycles. The number of Topliss-reactive ketones (excluding diaryl/α,β-unsaturated/α-hetero) is 1. The van der Waals surface area contributed by atoms with Crippen LogP contribution in [0.2, 0.25) is 0 Å². The zero-order valence-corrected chi connectivity index (χ0v) is 42.8. The molecule has 0 aliphatic carbocycles. The van der Waals surface area contributed by atoms with E-state index in [-0.39, 0.29) is 33.3 Å². The molecule has 2 aliphatic heterocycles. The van der Waals surface area contributed by atoms with E-state index in [0.717, 1.165) is 40.9 Å². The van der Waals surface area contributed by atoms with Crippen LogP contribution >= 0.6 is 0 Å². The predicted octanol–water partition coefficient (Wildman–Crippen LogP) is 9.04. The summed E-state index contributed by atoms with van der Waals surface area (Å²) in [6, 6.07) is 16.9. The van der Waals surface area contributed by atoms with Gasteiger partial charge in [0.05, 0.1) is 31.4 Å². The van der Waals surface area contributed by atoms with E-state index in [4.69, 9.17) is 4.98 Å². The molecule has 70 heavy (non-hydrogen) atoms. The molecule has 1 amide bonds. The monoisotopic (exact) mass is 1010 g/mol. The number of likely N-dealkylation sites (N-methyl/N-ethyl adjacent to an activating group) is 1. The largest absolute Gasteiger partial charge is 0.744 e. The van der Waals surface area contributed by atoms with Crippen molar-refractivity contribution in [2.24, 2.45) is 5.92 Å². The van der Waals surface area contributed by atoms with Crippen LogP contribution in [-0.4, -0.2) is 85.5 Å². The molecule has 5 aromatic rings. The van der Waals surface area contributed by atoms with Gasteiger partial charge in [0.1, 0.15) is 22.4 Å². The third-order valence-corrected chi connectivity index (χ3v) is 16.0. The molecule has 15 nitrogen and oxygen atoms in total. The molecule has 7 rings (SSSR count). The maximum atomic E-state index is 13.3. The number of anilines is 1.